The van der Waals surface area contributed by atoms with Gasteiger partial charge in [-0.25, -0.2) is 0 Å². The summed E-state index contributed by atoms with van der Waals surface area (Å²) in [6.07, 6.45) is 1.86. The molecule has 2 aromatic carbocycles. The monoisotopic (exact) mass is 271 g/mol. The summed E-state index contributed by atoms with van der Waals surface area (Å²) in [5.41, 5.74) is 0.595. The Balaban J connectivity index is 2.39. The zero-order valence-corrected chi connectivity index (χ0v) is 12.3. The molecule has 0 unspecified atom stereocenters. The van der Waals surface area contributed by atoms with Gasteiger partial charge in [-0.1, -0.05) is 38.1 Å². The number of hydrogen-bond donors (Lipinski definition) is 1. The molecule has 2 aromatic rings. The molecule has 0 saturated carbocycles. The molecule has 0 fully saturated rings. The van der Waals surface area contributed by atoms with E-state index in [9.17, 15) is 4.79 Å². The van der Waals surface area contributed by atoms with Crippen molar-refractivity contribution in [3.8, 4) is 5.75 Å². The molecule has 0 aliphatic heterocycles. The molecule has 20 heavy (non-hydrogen) atoms. The Bertz CT molecular complexity index is 603. The normalized spacial score (nSPS) is 10.8. The summed E-state index contributed by atoms with van der Waals surface area (Å²) in [5, 5.41) is 5.17. The average Bonchev–Trinajstić information content (AvgIpc) is 2.50. The minimum Gasteiger partial charge on any atom is -0.496 e. The van der Waals surface area contributed by atoms with Gasteiger partial charge in [-0.05, 0) is 35.7 Å². The van der Waals surface area contributed by atoms with Crippen LogP contribution in [0.3, 0.4) is 0 Å². The molecule has 0 bridgehead atoms. The van der Waals surface area contributed by atoms with Crippen molar-refractivity contribution in [3.63, 3.8) is 0 Å². The Kier molecular flexibility index (Phi) is 4.61. The highest BCUT2D eigenvalue weighted by Gasteiger charge is 2.16. The topological polar surface area (TPSA) is 38.3 Å². The lowest BCUT2D eigenvalue weighted by Crippen LogP contribution is -2.34. The maximum atomic E-state index is 12.4. The van der Waals surface area contributed by atoms with Crippen molar-refractivity contribution in [3.05, 3.63) is 42.0 Å². The Labute approximate surface area is 119 Å². The van der Waals surface area contributed by atoms with Crippen molar-refractivity contribution >= 4 is 16.7 Å². The van der Waals surface area contributed by atoms with Crippen molar-refractivity contribution in [1.29, 1.82) is 0 Å². The Hall–Kier alpha value is -2.03. The van der Waals surface area contributed by atoms with Gasteiger partial charge in [0.05, 0.1) is 12.7 Å². The van der Waals surface area contributed by atoms with E-state index >= 15 is 0 Å². The smallest absolute Gasteiger partial charge is 0.255 e. The van der Waals surface area contributed by atoms with Crippen molar-refractivity contribution in [2.24, 2.45) is 0 Å². The zero-order chi connectivity index (χ0) is 14.5. The van der Waals surface area contributed by atoms with E-state index in [2.05, 4.69) is 19.2 Å². The van der Waals surface area contributed by atoms with Gasteiger partial charge in [0.15, 0.2) is 0 Å². The molecular weight excluding hydrogens is 250 g/mol. The third-order valence-electron chi connectivity index (χ3n) is 3.63. The van der Waals surface area contributed by atoms with Gasteiger partial charge >= 0.3 is 0 Å². The van der Waals surface area contributed by atoms with Crippen LogP contribution in [-0.4, -0.2) is 19.1 Å². The minimum atomic E-state index is -0.0682. The molecule has 0 aromatic heterocycles. The number of carbonyl (C=O) groups excluding carboxylic acids is 1. The Morgan fingerprint density at radius 2 is 1.75 bits per heavy atom. The third-order valence-corrected chi connectivity index (χ3v) is 3.63. The first-order chi connectivity index (χ1) is 9.69. The summed E-state index contributed by atoms with van der Waals surface area (Å²) in [6.45, 7) is 4.15. The van der Waals surface area contributed by atoms with E-state index in [1.54, 1.807) is 7.11 Å². The molecule has 0 aliphatic carbocycles. The van der Waals surface area contributed by atoms with E-state index in [-0.39, 0.29) is 11.9 Å². The van der Waals surface area contributed by atoms with E-state index in [4.69, 9.17) is 4.74 Å². The van der Waals surface area contributed by atoms with Gasteiger partial charge in [-0.15, -0.1) is 0 Å². The lowest BCUT2D eigenvalue weighted by Gasteiger charge is -2.16. The standard InChI is InChI=1S/C17H21NO2/c1-4-14(5-2)18-17(19)15-10-12-8-6-7-9-13(12)11-16(15)20-3/h6-11,14H,4-5H2,1-3H3,(H,18,19). The number of nitrogens with one attached hydrogen (secondary N) is 1. The number of amides is 1. The fourth-order valence-corrected chi connectivity index (χ4v) is 2.32. The number of fused-ring (bicyclic) bond motifs is 1. The summed E-state index contributed by atoms with van der Waals surface area (Å²) in [7, 11) is 1.60. The molecule has 0 saturated heterocycles. The number of carbonyl (C=O) groups is 1. The van der Waals surface area contributed by atoms with Crippen LogP contribution in [-0.2, 0) is 0 Å². The number of rotatable bonds is 5. The molecule has 106 valence electrons. The predicted molar refractivity (Wildman–Crippen MR) is 82.3 cm³/mol. The van der Waals surface area contributed by atoms with Crippen LogP contribution < -0.4 is 10.1 Å². The van der Waals surface area contributed by atoms with Gasteiger partial charge in [0, 0.05) is 6.04 Å². The van der Waals surface area contributed by atoms with Crippen LogP contribution in [0.15, 0.2) is 36.4 Å². The summed E-state index contributed by atoms with van der Waals surface area (Å²) in [4.78, 5) is 12.4. The van der Waals surface area contributed by atoms with Crippen LogP contribution in [0.25, 0.3) is 10.8 Å². The number of methoxy groups -OCH3 is 1. The SMILES string of the molecule is CCC(CC)NC(=O)c1cc2ccccc2cc1OC. The largest absolute Gasteiger partial charge is 0.496 e. The summed E-state index contributed by atoms with van der Waals surface area (Å²) < 4.78 is 5.36. The highest BCUT2D eigenvalue weighted by atomic mass is 16.5. The predicted octanol–water partition coefficient (Wildman–Crippen LogP) is 3.77. The molecule has 3 nitrogen and oxygen atoms in total. The van der Waals surface area contributed by atoms with Crippen LogP contribution >= 0.6 is 0 Å². The molecule has 1 N–H and O–H groups in total. The molecule has 0 aliphatic rings. The molecule has 1 amide bonds. The summed E-state index contributed by atoms with van der Waals surface area (Å²) in [6, 6.07) is 12.0. The second kappa shape index (κ2) is 6.42. The summed E-state index contributed by atoms with van der Waals surface area (Å²) in [5.74, 6) is 0.549. The van der Waals surface area contributed by atoms with Gasteiger partial charge in [-0.3, -0.25) is 4.79 Å². The number of benzene rings is 2. The molecule has 3 heteroatoms. The Morgan fingerprint density at radius 1 is 1.15 bits per heavy atom. The van der Waals surface area contributed by atoms with Gasteiger partial charge in [0.25, 0.3) is 5.91 Å². The van der Waals surface area contributed by atoms with Crippen molar-refractivity contribution in [1.82, 2.24) is 5.32 Å². The fraction of sp³-hybridized carbons (Fsp3) is 0.353. The number of ether oxygens (including phenoxy) is 1. The Morgan fingerprint density at radius 3 is 2.30 bits per heavy atom. The number of hydrogen-bond acceptors (Lipinski definition) is 2. The van der Waals surface area contributed by atoms with Crippen LogP contribution in [0, 0.1) is 0 Å². The lowest BCUT2D eigenvalue weighted by atomic mass is 10.0. The molecule has 0 atom stereocenters. The van der Waals surface area contributed by atoms with Crippen LogP contribution in [0.4, 0.5) is 0 Å². The fourth-order valence-electron chi connectivity index (χ4n) is 2.32. The van der Waals surface area contributed by atoms with E-state index in [0.717, 1.165) is 23.6 Å². The van der Waals surface area contributed by atoms with E-state index in [1.807, 2.05) is 36.4 Å². The first-order valence-corrected chi connectivity index (χ1v) is 7.07. The van der Waals surface area contributed by atoms with Crippen molar-refractivity contribution in [2.45, 2.75) is 32.7 Å². The second-order valence-electron chi connectivity index (χ2n) is 4.89. The maximum absolute atomic E-state index is 12.4. The van der Waals surface area contributed by atoms with Crippen LogP contribution in [0.2, 0.25) is 0 Å². The molecule has 0 radical (unpaired) electrons. The van der Waals surface area contributed by atoms with Gasteiger partial charge in [-0.2, -0.15) is 0 Å². The molecular formula is C17H21NO2. The van der Waals surface area contributed by atoms with Gasteiger partial charge < -0.3 is 10.1 Å². The third kappa shape index (κ3) is 2.93. The first-order valence-electron chi connectivity index (χ1n) is 7.07. The van der Waals surface area contributed by atoms with Gasteiger partial charge in [0.1, 0.15) is 5.75 Å². The second-order valence-corrected chi connectivity index (χ2v) is 4.89. The minimum absolute atomic E-state index is 0.0682. The maximum Gasteiger partial charge on any atom is 0.255 e. The van der Waals surface area contributed by atoms with Crippen LogP contribution in [0.5, 0.6) is 5.75 Å². The van der Waals surface area contributed by atoms with Crippen molar-refractivity contribution < 1.29 is 9.53 Å². The quantitative estimate of drug-likeness (QED) is 0.899. The van der Waals surface area contributed by atoms with Gasteiger partial charge in [0.2, 0.25) is 0 Å². The van der Waals surface area contributed by atoms with E-state index < -0.39 is 0 Å². The average molecular weight is 271 g/mol. The highest BCUT2D eigenvalue weighted by Crippen LogP contribution is 2.26. The lowest BCUT2D eigenvalue weighted by molar-refractivity contribution is 0.0932. The highest BCUT2D eigenvalue weighted by molar-refractivity contribution is 6.01. The van der Waals surface area contributed by atoms with Crippen LogP contribution in [0.1, 0.15) is 37.0 Å². The van der Waals surface area contributed by atoms with Crippen molar-refractivity contribution in [2.75, 3.05) is 7.11 Å². The summed E-state index contributed by atoms with van der Waals surface area (Å²) >= 11 is 0. The first kappa shape index (κ1) is 14.4. The molecule has 0 spiro atoms. The van der Waals surface area contributed by atoms with E-state index in [1.165, 1.54) is 0 Å². The van der Waals surface area contributed by atoms with E-state index in [0.29, 0.717) is 11.3 Å². The molecule has 2 rings (SSSR count). The zero-order valence-electron chi connectivity index (χ0n) is 12.3. The molecule has 0 heterocycles.